The van der Waals surface area contributed by atoms with Crippen molar-refractivity contribution in [2.24, 2.45) is 0 Å². The van der Waals surface area contributed by atoms with Gasteiger partial charge in [0.15, 0.2) is 11.5 Å². The van der Waals surface area contributed by atoms with Crippen LogP contribution >= 0.6 is 0 Å². The van der Waals surface area contributed by atoms with E-state index in [4.69, 9.17) is 4.74 Å². The zero-order valence-corrected chi connectivity index (χ0v) is 8.03. The van der Waals surface area contributed by atoms with Gasteiger partial charge in [-0.1, -0.05) is 13.8 Å². The average molecular weight is 182 g/mol. The largest absolute Gasteiger partial charge is 0.504 e. The molecule has 0 fully saturated rings. The van der Waals surface area contributed by atoms with Crippen LogP contribution in [0.3, 0.4) is 0 Å². The van der Waals surface area contributed by atoms with Crippen LogP contribution in [0.1, 0.15) is 25.3 Å². The van der Waals surface area contributed by atoms with Crippen molar-refractivity contribution in [3.63, 3.8) is 0 Å². The number of ether oxygens (including phenoxy) is 1. The monoisotopic (exact) mass is 182 g/mol. The molecular formula is C10H14O3. The molecule has 0 aliphatic rings. The molecule has 3 nitrogen and oxygen atoms in total. The number of aromatic hydroxyl groups is 2. The zero-order chi connectivity index (χ0) is 10.0. The van der Waals surface area contributed by atoms with Crippen molar-refractivity contribution in [1.82, 2.24) is 0 Å². The molecule has 13 heavy (non-hydrogen) atoms. The molecule has 0 bridgehead atoms. The summed E-state index contributed by atoms with van der Waals surface area (Å²) in [4.78, 5) is 0. The minimum atomic E-state index is -0.202. The Kier molecular flexibility index (Phi) is 2.66. The van der Waals surface area contributed by atoms with Crippen LogP contribution in [0.5, 0.6) is 17.2 Å². The first-order valence-corrected chi connectivity index (χ1v) is 4.16. The predicted octanol–water partition coefficient (Wildman–Crippen LogP) is 2.23. The third kappa shape index (κ3) is 1.86. The second-order valence-corrected chi connectivity index (χ2v) is 3.25. The van der Waals surface area contributed by atoms with Crippen LogP contribution in [0, 0.1) is 0 Å². The van der Waals surface area contributed by atoms with Gasteiger partial charge in [-0.25, -0.2) is 0 Å². The normalized spacial score (nSPS) is 10.5. The Hall–Kier alpha value is -1.38. The lowest BCUT2D eigenvalue weighted by Crippen LogP contribution is -1.90. The molecule has 0 unspecified atom stereocenters. The van der Waals surface area contributed by atoms with E-state index in [9.17, 15) is 10.2 Å². The van der Waals surface area contributed by atoms with Gasteiger partial charge in [0.05, 0.1) is 7.11 Å². The summed E-state index contributed by atoms with van der Waals surface area (Å²) >= 11 is 0. The van der Waals surface area contributed by atoms with Gasteiger partial charge in [-0.15, -0.1) is 0 Å². The van der Waals surface area contributed by atoms with E-state index in [0.717, 1.165) is 5.56 Å². The molecule has 0 radical (unpaired) electrons. The molecule has 0 saturated heterocycles. The summed E-state index contributed by atoms with van der Waals surface area (Å²) in [6, 6.07) is 3.27. The maximum absolute atomic E-state index is 9.33. The second kappa shape index (κ2) is 3.56. The minimum absolute atomic E-state index is 0.136. The predicted molar refractivity (Wildman–Crippen MR) is 50.4 cm³/mol. The van der Waals surface area contributed by atoms with E-state index in [0.29, 0.717) is 11.7 Å². The van der Waals surface area contributed by atoms with Crippen molar-refractivity contribution >= 4 is 0 Å². The van der Waals surface area contributed by atoms with Crippen LogP contribution in [0.15, 0.2) is 12.1 Å². The third-order valence-electron chi connectivity index (χ3n) is 1.96. The van der Waals surface area contributed by atoms with Crippen LogP contribution in [0.25, 0.3) is 0 Å². The fourth-order valence-electron chi connectivity index (χ4n) is 1.10. The van der Waals surface area contributed by atoms with Crippen LogP contribution in [0.2, 0.25) is 0 Å². The molecule has 0 aliphatic carbocycles. The Balaban J connectivity index is 3.22. The lowest BCUT2D eigenvalue weighted by molar-refractivity contribution is 0.350. The van der Waals surface area contributed by atoms with Crippen LogP contribution < -0.4 is 4.74 Å². The highest BCUT2D eigenvalue weighted by atomic mass is 16.5. The number of hydrogen-bond acceptors (Lipinski definition) is 3. The fourth-order valence-corrected chi connectivity index (χ4v) is 1.10. The van der Waals surface area contributed by atoms with E-state index in [1.807, 2.05) is 13.8 Å². The highest BCUT2D eigenvalue weighted by Gasteiger charge is 2.10. The lowest BCUT2D eigenvalue weighted by Gasteiger charge is -2.10. The van der Waals surface area contributed by atoms with Crippen molar-refractivity contribution in [3.05, 3.63) is 17.7 Å². The molecule has 1 aromatic carbocycles. The summed E-state index contributed by atoms with van der Waals surface area (Å²) in [7, 11) is 1.46. The molecule has 72 valence electrons. The Bertz CT molecular complexity index is 305. The first-order valence-electron chi connectivity index (χ1n) is 4.16. The molecule has 0 heterocycles. The Morgan fingerprint density at radius 2 is 1.85 bits per heavy atom. The van der Waals surface area contributed by atoms with Gasteiger partial charge in [0.1, 0.15) is 0 Å². The van der Waals surface area contributed by atoms with E-state index in [-0.39, 0.29) is 11.5 Å². The maximum atomic E-state index is 9.33. The van der Waals surface area contributed by atoms with Gasteiger partial charge < -0.3 is 14.9 Å². The van der Waals surface area contributed by atoms with E-state index in [1.54, 1.807) is 12.1 Å². The van der Waals surface area contributed by atoms with Crippen molar-refractivity contribution < 1.29 is 14.9 Å². The summed E-state index contributed by atoms with van der Waals surface area (Å²) in [5.41, 5.74) is 0.937. The van der Waals surface area contributed by atoms with Gasteiger partial charge in [0.25, 0.3) is 0 Å². The van der Waals surface area contributed by atoms with Crippen LogP contribution in [0.4, 0.5) is 0 Å². The molecule has 0 spiro atoms. The van der Waals surface area contributed by atoms with E-state index >= 15 is 0 Å². The van der Waals surface area contributed by atoms with Gasteiger partial charge in [0, 0.05) is 0 Å². The number of rotatable bonds is 2. The third-order valence-corrected chi connectivity index (χ3v) is 1.96. The summed E-state index contributed by atoms with van der Waals surface area (Å²) in [5.74, 6) is 0.263. The van der Waals surface area contributed by atoms with Crippen molar-refractivity contribution in [3.8, 4) is 17.2 Å². The molecule has 0 aromatic heterocycles. The SMILES string of the molecule is COc1cc(C(C)C)cc(O)c1O. The zero-order valence-electron chi connectivity index (χ0n) is 8.03. The highest BCUT2D eigenvalue weighted by Crippen LogP contribution is 2.37. The van der Waals surface area contributed by atoms with Crippen molar-refractivity contribution in [2.75, 3.05) is 7.11 Å². The van der Waals surface area contributed by atoms with E-state index in [1.165, 1.54) is 7.11 Å². The number of phenolic OH excluding ortho intramolecular Hbond substituents is 2. The Morgan fingerprint density at radius 3 is 2.31 bits per heavy atom. The van der Waals surface area contributed by atoms with Gasteiger partial charge >= 0.3 is 0 Å². The van der Waals surface area contributed by atoms with Crippen molar-refractivity contribution in [1.29, 1.82) is 0 Å². The minimum Gasteiger partial charge on any atom is -0.504 e. The van der Waals surface area contributed by atoms with Gasteiger partial charge in [-0.2, -0.15) is 0 Å². The smallest absolute Gasteiger partial charge is 0.200 e. The molecule has 1 aromatic rings. The number of benzene rings is 1. The van der Waals surface area contributed by atoms with Gasteiger partial charge in [0.2, 0.25) is 5.75 Å². The highest BCUT2D eigenvalue weighted by molar-refractivity contribution is 5.52. The molecule has 0 atom stereocenters. The number of phenols is 2. The molecule has 3 heteroatoms. The topological polar surface area (TPSA) is 49.7 Å². The summed E-state index contributed by atoms with van der Waals surface area (Å²) in [5, 5.41) is 18.7. The maximum Gasteiger partial charge on any atom is 0.200 e. The molecule has 0 amide bonds. The molecular weight excluding hydrogens is 168 g/mol. The first-order chi connectivity index (χ1) is 6.06. The van der Waals surface area contributed by atoms with Gasteiger partial charge in [-0.3, -0.25) is 0 Å². The molecule has 0 aliphatic heterocycles. The van der Waals surface area contributed by atoms with Crippen molar-refractivity contribution in [2.45, 2.75) is 19.8 Å². The summed E-state index contributed by atoms with van der Waals surface area (Å²) in [6.07, 6.45) is 0. The summed E-state index contributed by atoms with van der Waals surface area (Å²) < 4.78 is 4.91. The molecule has 1 rings (SSSR count). The first kappa shape index (κ1) is 9.71. The quantitative estimate of drug-likeness (QED) is 0.689. The Labute approximate surface area is 77.6 Å². The van der Waals surface area contributed by atoms with Gasteiger partial charge in [-0.05, 0) is 23.6 Å². The molecule has 0 saturated carbocycles. The fraction of sp³-hybridized carbons (Fsp3) is 0.400. The van der Waals surface area contributed by atoms with E-state index < -0.39 is 0 Å². The number of hydrogen-bond donors (Lipinski definition) is 2. The van der Waals surface area contributed by atoms with Crippen LogP contribution in [-0.4, -0.2) is 17.3 Å². The second-order valence-electron chi connectivity index (χ2n) is 3.25. The summed E-state index contributed by atoms with van der Waals surface area (Å²) in [6.45, 7) is 4.01. The number of methoxy groups -OCH3 is 1. The van der Waals surface area contributed by atoms with Crippen LogP contribution in [-0.2, 0) is 0 Å². The Morgan fingerprint density at radius 1 is 1.23 bits per heavy atom. The standard InChI is InChI=1S/C10H14O3/c1-6(2)7-4-8(11)10(12)9(5-7)13-3/h4-6,11-12H,1-3H3. The molecule has 2 N–H and O–H groups in total. The lowest BCUT2D eigenvalue weighted by atomic mass is 10.0. The average Bonchev–Trinajstić information content (AvgIpc) is 2.09. The van der Waals surface area contributed by atoms with E-state index in [2.05, 4.69) is 0 Å².